The highest BCUT2D eigenvalue weighted by Crippen LogP contribution is 2.15. The summed E-state index contributed by atoms with van der Waals surface area (Å²) in [4.78, 5) is 11.8. The summed E-state index contributed by atoms with van der Waals surface area (Å²) >= 11 is 0. The number of rotatable bonds is 5. The average molecular weight is 273 g/mol. The van der Waals surface area contributed by atoms with E-state index in [1.54, 1.807) is 0 Å². The molecule has 4 N–H and O–H groups in total. The number of nitrogens with one attached hydrogen (secondary N) is 1. The van der Waals surface area contributed by atoms with Gasteiger partial charge in [0.25, 0.3) is 5.91 Å². The van der Waals surface area contributed by atoms with Gasteiger partial charge in [-0.05, 0) is 25.1 Å². The van der Waals surface area contributed by atoms with Crippen LogP contribution < -0.4 is 15.8 Å². The number of carbonyl (C=O) groups excluding carboxylic acids is 1. The van der Waals surface area contributed by atoms with Gasteiger partial charge in [-0.3, -0.25) is 4.79 Å². The fourth-order valence-corrected chi connectivity index (χ4v) is 1.25. The van der Waals surface area contributed by atoms with Crippen LogP contribution in [-0.2, 0) is 0 Å². The third-order valence-electron chi connectivity index (χ3n) is 2.23. The van der Waals surface area contributed by atoms with Crippen LogP contribution in [0.4, 0.5) is 8.78 Å². The molecule has 1 atom stereocenters. The number of amides is 1. The lowest BCUT2D eigenvalue weighted by molar-refractivity contribution is -0.0498. The number of oxime groups is 1. The van der Waals surface area contributed by atoms with Crippen molar-refractivity contribution in [3.63, 3.8) is 0 Å². The number of benzene rings is 1. The van der Waals surface area contributed by atoms with E-state index >= 15 is 0 Å². The zero-order chi connectivity index (χ0) is 14.4. The number of alkyl halides is 2. The van der Waals surface area contributed by atoms with Crippen molar-refractivity contribution in [2.45, 2.75) is 19.6 Å². The van der Waals surface area contributed by atoms with Gasteiger partial charge in [-0.25, -0.2) is 0 Å². The van der Waals surface area contributed by atoms with Crippen LogP contribution in [0, 0.1) is 0 Å². The Morgan fingerprint density at radius 1 is 1.53 bits per heavy atom. The molecule has 19 heavy (non-hydrogen) atoms. The van der Waals surface area contributed by atoms with Crippen LogP contribution in [0.5, 0.6) is 5.75 Å². The van der Waals surface area contributed by atoms with Crippen LogP contribution in [0.1, 0.15) is 17.3 Å². The van der Waals surface area contributed by atoms with Crippen LogP contribution in [-0.4, -0.2) is 29.6 Å². The van der Waals surface area contributed by atoms with Gasteiger partial charge in [0.2, 0.25) is 0 Å². The second-order valence-corrected chi connectivity index (χ2v) is 3.63. The largest absolute Gasteiger partial charge is 0.435 e. The highest BCUT2D eigenvalue weighted by Gasteiger charge is 2.14. The predicted molar refractivity (Wildman–Crippen MR) is 63.4 cm³/mol. The third kappa shape index (κ3) is 4.41. The summed E-state index contributed by atoms with van der Waals surface area (Å²) in [7, 11) is 0. The van der Waals surface area contributed by atoms with Gasteiger partial charge in [-0.2, -0.15) is 8.78 Å². The van der Waals surface area contributed by atoms with Gasteiger partial charge in [0.05, 0.1) is 6.04 Å². The minimum absolute atomic E-state index is 0.121. The summed E-state index contributed by atoms with van der Waals surface area (Å²) in [6, 6.07) is 4.60. The molecule has 0 spiro atoms. The van der Waals surface area contributed by atoms with Gasteiger partial charge in [0.15, 0.2) is 5.84 Å². The normalized spacial score (nSPS) is 13.2. The topological polar surface area (TPSA) is 96.9 Å². The minimum atomic E-state index is -2.96. The molecular formula is C11H13F2N3O3. The van der Waals surface area contributed by atoms with Gasteiger partial charge < -0.3 is 21.0 Å². The van der Waals surface area contributed by atoms with E-state index in [0.29, 0.717) is 0 Å². The molecule has 0 heterocycles. The molecule has 0 saturated carbocycles. The molecule has 1 aromatic rings. The van der Waals surface area contributed by atoms with Crippen molar-refractivity contribution in [1.29, 1.82) is 0 Å². The maximum Gasteiger partial charge on any atom is 0.387 e. The Morgan fingerprint density at radius 2 is 2.21 bits per heavy atom. The summed E-state index contributed by atoms with van der Waals surface area (Å²) in [5, 5.41) is 13.6. The first kappa shape index (κ1) is 14.7. The second-order valence-electron chi connectivity index (χ2n) is 3.63. The SMILES string of the molecule is CC(NC(=O)c1cccc(OC(F)F)c1)/C(N)=N/O. The second kappa shape index (κ2) is 6.53. The molecular weight excluding hydrogens is 260 g/mol. The predicted octanol–water partition coefficient (Wildman–Crippen LogP) is 1.15. The van der Waals surface area contributed by atoms with Gasteiger partial charge in [-0.1, -0.05) is 11.2 Å². The fraction of sp³-hybridized carbons (Fsp3) is 0.273. The van der Waals surface area contributed by atoms with Gasteiger partial charge in [0, 0.05) is 5.56 Å². The number of halogens is 2. The Kier molecular flexibility index (Phi) is 5.04. The quantitative estimate of drug-likeness (QED) is 0.324. The molecule has 1 rings (SSSR count). The highest BCUT2D eigenvalue weighted by molar-refractivity contribution is 5.98. The van der Waals surface area contributed by atoms with Crippen molar-refractivity contribution in [3.05, 3.63) is 29.8 Å². The van der Waals surface area contributed by atoms with Crippen molar-refractivity contribution in [2.24, 2.45) is 10.9 Å². The number of amidine groups is 1. The fourth-order valence-electron chi connectivity index (χ4n) is 1.25. The molecule has 104 valence electrons. The lowest BCUT2D eigenvalue weighted by Crippen LogP contribution is -2.42. The molecule has 1 amide bonds. The Balaban J connectivity index is 2.77. The smallest absolute Gasteiger partial charge is 0.387 e. The summed E-state index contributed by atoms with van der Waals surface area (Å²) < 4.78 is 28.2. The van der Waals surface area contributed by atoms with Gasteiger partial charge in [-0.15, -0.1) is 0 Å². The molecule has 0 radical (unpaired) electrons. The van der Waals surface area contributed by atoms with Crippen molar-refractivity contribution >= 4 is 11.7 Å². The Bertz CT molecular complexity index is 480. The van der Waals surface area contributed by atoms with E-state index in [2.05, 4.69) is 15.2 Å². The standard InChI is InChI=1S/C11H13F2N3O3/c1-6(9(14)16-18)15-10(17)7-3-2-4-8(5-7)19-11(12)13/h2-6,11,18H,1H3,(H2,14,16)(H,15,17). The highest BCUT2D eigenvalue weighted by atomic mass is 19.3. The van der Waals surface area contributed by atoms with Crippen molar-refractivity contribution < 1.29 is 23.5 Å². The number of nitrogens with two attached hydrogens (primary N) is 1. The average Bonchev–Trinajstić information content (AvgIpc) is 2.37. The Hall–Kier alpha value is -2.38. The lowest BCUT2D eigenvalue weighted by atomic mass is 10.2. The summed E-state index contributed by atoms with van der Waals surface area (Å²) in [5.41, 5.74) is 5.42. The van der Waals surface area contributed by atoms with Crippen LogP contribution in [0.3, 0.4) is 0 Å². The van der Waals surface area contributed by atoms with Crippen molar-refractivity contribution in [3.8, 4) is 5.75 Å². The molecule has 0 aliphatic carbocycles. The first-order chi connectivity index (χ1) is 8.93. The summed E-state index contributed by atoms with van der Waals surface area (Å²) in [5.74, 6) is -0.855. The minimum Gasteiger partial charge on any atom is -0.435 e. The van der Waals surface area contributed by atoms with E-state index in [9.17, 15) is 13.6 Å². The third-order valence-corrected chi connectivity index (χ3v) is 2.23. The number of carbonyl (C=O) groups is 1. The maximum atomic E-state index is 12.0. The summed E-state index contributed by atoms with van der Waals surface area (Å²) in [6.07, 6.45) is 0. The Labute approximate surface area is 107 Å². The van der Waals surface area contributed by atoms with E-state index in [1.165, 1.54) is 31.2 Å². The number of hydrogen-bond donors (Lipinski definition) is 3. The Morgan fingerprint density at radius 3 is 2.79 bits per heavy atom. The van der Waals surface area contributed by atoms with Crippen molar-refractivity contribution in [1.82, 2.24) is 5.32 Å². The van der Waals surface area contributed by atoms with E-state index in [-0.39, 0.29) is 17.1 Å². The molecule has 1 unspecified atom stereocenters. The van der Waals surface area contributed by atoms with E-state index in [1.807, 2.05) is 0 Å². The zero-order valence-corrected chi connectivity index (χ0v) is 10.0. The van der Waals surface area contributed by atoms with E-state index < -0.39 is 18.6 Å². The van der Waals surface area contributed by atoms with Crippen molar-refractivity contribution in [2.75, 3.05) is 0 Å². The van der Waals surface area contributed by atoms with Gasteiger partial charge in [0.1, 0.15) is 5.75 Å². The molecule has 0 bridgehead atoms. The molecule has 1 aromatic carbocycles. The molecule has 0 aliphatic heterocycles. The molecule has 6 nitrogen and oxygen atoms in total. The zero-order valence-electron chi connectivity index (χ0n) is 10.0. The first-order valence-corrected chi connectivity index (χ1v) is 5.27. The molecule has 0 aliphatic rings. The van der Waals surface area contributed by atoms with Crippen LogP contribution in [0.2, 0.25) is 0 Å². The molecule has 8 heteroatoms. The molecule has 0 aromatic heterocycles. The van der Waals surface area contributed by atoms with Crippen LogP contribution in [0.25, 0.3) is 0 Å². The molecule has 0 saturated heterocycles. The first-order valence-electron chi connectivity index (χ1n) is 5.27. The van der Waals surface area contributed by atoms with Gasteiger partial charge >= 0.3 is 6.61 Å². The lowest BCUT2D eigenvalue weighted by Gasteiger charge is -2.12. The number of hydrogen-bond acceptors (Lipinski definition) is 4. The van der Waals surface area contributed by atoms with Crippen LogP contribution >= 0.6 is 0 Å². The maximum absolute atomic E-state index is 12.0. The molecule has 0 fully saturated rings. The van der Waals surface area contributed by atoms with Crippen LogP contribution in [0.15, 0.2) is 29.4 Å². The summed E-state index contributed by atoms with van der Waals surface area (Å²) in [6.45, 7) is -1.46. The van der Waals surface area contributed by atoms with E-state index in [4.69, 9.17) is 10.9 Å². The number of nitrogens with zero attached hydrogens (tertiary/aromatic N) is 1. The number of ether oxygens (including phenoxy) is 1. The van der Waals surface area contributed by atoms with E-state index in [0.717, 1.165) is 0 Å². The monoisotopic (exact) mass is 273 g/mol.